The summed E-state index contributed by atoms with van der Waals surface area (Å²) in [5.41, 5.74) is 8.36. The number of rotatable bonds is 5. The third kappa shape index (κ3) is 4.13. The SMILES string of the molecule is COc1ccc(N2CCN(C(=O)Cn3nnc(-c4ccccc4N)n3)CC2)cc1. The summed E-state index contributed by atoms with van der Waals surface area (Å²) in [7, 11) is 1.65. The number of aromatic nitrogens is 4. The number of benzene rings is 2. The van der Waals surface area contributed by atoms with E-state index in [-0.39, 0.29) is 12.5 Å². The largest absolute Gasteiger partial charge is 0.497 e. The van der Waals surface area contributed by atoms with Crippen molar-refractivity contribution in [3.05, 3.63) is 48.5 Å². The molecule has 9 heteroatoms. The molecular formula is C20H23N7O2. The number of carbonyl (C=O) groups is 1. The van der Waals surface area contributed by atoms with Crippen LogP contribution in [-0.2, 0) is 11.3 Å². The van der Waals surface area contributed by atoms with Crippen molar-refractivity contribution in [2.75, 3.05) is 43.9 Å². The average Bonchev–Trinajstić information content (AvgIpc) is 3.22. The molecule has 2 heterocycles. The van der Waals surface area contributed by atoms with Crippen molar-refractivity contribution >= 4 is 17.3 Å². The van der Waals surface area contributed by atoms with Crippen LogP contribution in [0.5, 0.6) is 5.75 Å². The summed E-state index contributed by atoms with van der Waals surface area (Å²) in [6.45, 7) is 2.90. The molecule has 1 aliphatic rings. The second-order valence-corrected chi connectivity index (χ2v) is 6.80. The predicted octanol–water partition coefficient (Wildman–Crippen LogP) is 1.28. The van der Waals surface area contributed by atoms with E-state index in [2.05, 4.69) is 20.3 Å². The number of ether oxygens (including phenoxy) is 1. The van der Waals surface area contributed by atoms with E-state index in [0.717, 1.165) is 24.5 Å². The summed E-state index contributed by atoms with van der Waals surface area (Å²) in [6, 6.07) is 15.3. The molecule has 1 aromatic heterocycles. The van der Waals surface area contributed by atoms with Crippen LogP contribution < -0.4 is 15.4 Å². The summed E-state index contributed by atoms with van der Waals surface area (Å²) in [4.78, 5) is 18.1. The first kappa shape index (κ1) is 18.7. The van der Waals surface area contributed by atoms with Crippen molar-refractivity contribution in [1.82, 2.24) is 25.1 Å². The summed E-state index contributed by atoms with van der Waals surface area (Å²) in [6.07, 6.45) is 0. The Morgan fingerprint density at radius 3 is 2.48 bits per heavy atom. The van der Waals surface area contributed by atoms with Crippen LogP contribution in [0, 0.1) is 0 Å². The third-order valence-corrected chi connectivity index (χ3v) is 5.00. The van der Waals surface area contributed by atoms with Gasteiger partial charge in [0.2, 0.25) is 11.7 Å². The fourth-order valence-corrected chi connectivity index (χ4v) is 3.35. The highest BCUT2D eigenvalue weighted by atomic mass is 16.5. The van der Waals surface area contributed by atoms with Crippen molar-refractivity contribution in [2.45, 2.75) is 6.54 Å². The van der Waals surface area contributed by atoms with Gasteiger partial charge in [-0.3, -0.25) is 4.79 Å². The lowest BCUT2D eigenvalue weighted by atomic mass is 10.2. The molecule has 0 radical (unpaired) electrons. The Morgan fingerprint density at radius 2 is 1.79 bits per heavy atom. The number of amides is 1. The highest BCUT2D eigenvalue weighted by molar-refractivity contribution is 5.76. The number of piperazine rings is 1. The molecule has 1 amide bonds. The number of hydrogen-bond acceptors (Lipinski definition) is 7. The van der Waals surface area contributed by atoms with Crippen LogP contribution in [0.2, 0.25) is 0 Å². The Balaban J connectivity index is 1.34. The molecule has 2 aromatic carbocycles. The minimum atomic E-state index is -0.0237. The first-order valence-corrected chi connectivity index (χ1v) is 9.43. The van der Waals surface area contributed by atoms with E-state index in [0.29, 0.717) is 30.2 Å². The fraction of sp³-hybridized carbons (Fsp3) is 0.300. The lowest BCUT2D eigenvalue weighted by Gasteiger charge is -2.36. The van der Waals surface area contributed by atoms with E-state index in [4.69, 9.17) is 10.5 Å². The molecule has 150 valence electrons. The summed E-state index contributed by atoms with van der Waals surface area (Å²) >= 11 is 0. The van der Waals surface area contributed by atoms with Gasteiger partial charge in [0.05, 0.1) is 7.11 Å². The smallest absolute Gasteiger partial charge is 0.246 e. The number of anilines is 2. The van der Waals surface area contributed by atoms with Crippen LogP contribution in [0.1, 0.15) is 0 Å². The number of nitrogens with zero attached hydrogens (tertiary/aromatic N) is 6. The van der Waals surface area contributed by atoms with Gasteiger partial charge in [0, 0.05) is 43.1 Å². The summed E-state index contributed by atoms with van der Waals surface area (Å²) < 4.78 is 5.20. The fourth-order valence-electron chi connectivity index (χ4n) is 3.35. The van der Waals surface area contributed by atoms with E-state index in [1.54, 1.807) is 13.2 Å². The minimum absolute atomic E-state index is 0.0237. The monoisotopic (exact) mass is 393 g/mol. The predicted molar refractivity (Wildman–Crippen MR) is 109 cm³/mol. The van der Waals surface area contributed by atoms with Crippen molar-refractivity contribution in [1.29, 1.82) is 0 Å². The van der Waals surface area contributed by atoms with E-state index in [9.17, 15) is 4.79 Å². The number of tetrazole rings is 1. The van der Waals surface area contributed by atoms with Gasteiger partial charge < -0.3 is 20.3 Å². The Labute approximate surface area is 168 Å². The van der Waals surface area contributed by atoms with Gasteiger partial charge in [-0.25, -0.2) is 0 Å². The number of nitrogen functional groups attached to an aromatic ring is 1. The molecule has 0 atom stereocenters. The Hall–Kier alpha value is -3.62. The molecule has 4 rings (SSSR count). The van der Waals surface area contributed by atoms with Crippen LogP contribution in [-0.4, -0.2) is 64.3 Å². The Morgan fingerprint density at radius 1 is 1.07 bits per heavy atom. The van der Waals surface area contributed by atoms with Crippen LogP contribution in [0.4, 0.5) is 11.4 Å². The molecule has 3 aromatic rings. The number of carbonyl (C=O) groups excluding carboxylic acids is 1. The zero-order chi connectivity index (χ0) is 20.2. The van der Waals surface area contributed by atoms with Gasteiger partial charge in [-0.1, -0.05) is 12.1 Å². The molecule has 1 fully saturated rings. The molecule has 0 unspecified atom stereocenters. The molecule has 0 bridgehead atoms. The summed E-state index contributed by atoms with van der Waals surface area (Å²) in [5, 5.41) is 12.3. The lowest BCUT2D eigenvalue weighted by Crippen LogP contribution is -2.49. The van der Waals surface area contributed by atoms with Gasteiger partial charge in [-0.05, 0) is 41.6 Å². The molecule has 29 heavy (non-hydrogen) atoms. The zero-order valence-corrected chi connectivity index (χ0v) is 16.2. The van der Waals surface area contributed by atoms with Crippen LogP contribution in [0.3, 0.4) is 0 Å². The lowest BCUT2D eigenvalue weighted by molar-refractivity contribution is -0.132. The first-order valence-electron chi connectivity index (χ1n) is 9.43. The standard InChI is InChI=1S/C20H23N7O2/c1-29-16-8-6-15(7-9-16)25-10-12-26(13-11-25)19(28)14-27-23-20(22-24-27)17-4-2-3-5-18(17)21/h2-9H,10-14,21H2,1H3. The summed E-state index contributed by atoms with van der Waals surface area (Å²) in [5.74, 6) is 1.23. The van der Waals surface area contributed by atoms with Gasteiger partial charge in [0.15, 0.2) is 0 Å². The topological polar surface area (TPSA) is 102 Å². The van der Waals surface area contributed by atoms with Crippen molar-refractivity contribution in [2.24, 2.45) is 0 Å². The molecule has 0 spiro atoms. The highest BCUT2D eigenvalue weighted by Crippen LogP contribution is 2.22. The number of para-hydroxylation sites is 1. The number of nitrogens with two attached hydrogens (primary N) is 1. The van der Waals surface area contributed by atoms with Crippen molar-refractivity contribution < 1.29 is 9.53 Å². The van der Waals surface area contributed by atoms with Gasteiger partial charge in [-0.15, -0.1) is 10.2 Å². The maximum atomic E-state index is 12.6. The maximum Gasteiger partial charge on any atom is 0.246 e. The van der Waals surface area contributed by atoms with Gasteiger partial charge in [0.25, 0.3) is 0 Å². The highest BCUT2D eigenvalue weighted by Gasteiger charge is 2.22. The van der Waals surface area contributed by atoms with E-state index >= 15 is 0 Å². The molecule has 1 aliphatic heterocycles. The molecule has 9 nitrogen and oxygen atoms in total. The molecular weight excluding hydrogens is 370 g/mol. The minimum Gasteiger partial charge on any atom is -0.497 e. The molecule has 0 saturated carbocycles. The average molecular weight is 393 g/mol. The molecule has 1 saturated heterocycles. The number of methoxy groups -OCH3 is 1. The quantitative estimate of drug-likeness (QED) is 0.652. The van der Waals surface area contributed by atoms with E-state index < -0.39 is 0 Å². The molecule has 2 N–H and O–H groups in total. The second kappa shape index (κ2) is 8.17. The first-order chi connectivity index (χ1) is 14.1. The van der Waals surface area contributed by atoms with Gasteiger partial charge in [-0.2, -0.15) is 4.80 Å². The van der Waals surface area contributed by atoms with Gasteiger partial charge >= 0.3 is 0 Å². The van der Waals surface area contributed by atoms with Crippen LogP contribution in [0.15, 0.2) is 48.5 Å². The van der Waals surface area contributed by atoms with Crippen LogP contribution in [0.25, 0.3) is 11.4 Å². The number of hydrogen-bond donors (Lipinski definition) is 1. The second-order valence-electron chi connectivity index (χ2n) is 6.80. The maximum absolute atomic E-state index is 12.6. The Bertz CT molecular complexity index is 979. The Kier molecular flexibility index (Phi) is 5.28. The normalized spacial score (nSPS) is 14.1. The van der Waals surface area contributed by atoms with E-state index in [1.807, 2.05) is 47.4 Å². The van der Waals surface area contributed by atoms with Gasteiger partial charge in [0.1, 0.15) is 12.3 Å². The van der Waals surface area contributed by atoms with E-state index in [1.165, 1.54) is 4.80 Å². The van der Waals surface area contributed by atoms with Crippen molar-refractivity contribution in [3.63, 3.8) is 0 Å². The third-order valence-electron chi connectivity index (χ3n) is 5.00. The van der Waals surface area contributed by atoms with Crippen LogP contribution >= 0.6 is 0 Å². The van der Waals surface area contributed by atoms with Crippen molar-refractivity contribution in [3.8, 4) is 17.1 Å². The molecule has 0 aliphatic carbocycles. The zero-order valence-electron chi connectivity index (χ0n) is 16.2.